The number of hydrogen-bond donors (Lipinski definition) is 1. The van der Waals surface area contributed by atoms with Crippen LogP contribution >= 0.6 is 15.9 Å². The number of carbonyl (C=O) groups excluding carboxylic acids is 2. The second kappa shape index (κ2) is 5.44. The third-order valence-electron chi connectivity index (χ3n) is 4.71. The molecule has 2 fully saturated rings. The molecule has 0 bridgehead atoms. The van der Waals surface area contributed by atoms with Gasteiger partial charge in [-0.1, -0.05) is 15.9 Å². The first-order valence-electron chi connectivity index (χ1n) is 7.31. The van der Waals surface area contributed by atoms with Crippen molar-refractivity contribution in [1.29, 1.82) is 0 Å². The maximum Gasteiger partial charge on any atom is 0.253 e. The molecule has 2 heterocycles. The Morgan fingerprint density at radius 2 is 2.05 bits per heavy atom. The van der Waals surface area contributed by atoms with Crippen LogP contribution in [0.5, 0.6) is 0 Å². The summed E-state index contributed by atoms with van der Waals surface area (Å²) in [6.45, 7) is 4.24. The van der Waals surface area contributed by atoms with Gasteiger partial charge in [-0.05, 0) is 48.9 Å². The summed E-state index contributed by atoms with van der Waals surface area (Å²) in [6, 6.07) is 5.72. The predicted molar refractivity (Wildman–Crippen MR) is 84.1 cm³/mol. The van der Waals surface area contributed by atoms with Crippen LogP contribution in [0.1, 0.15) is 35.2 Å². The number of nitrogens with zero attached hydrogens (tertiary/aromatic N) is 1. The van der Waals surface area contributed by atoms with E-state index >= 15 is 0 Å². The lowest BCUT2D eigenvalue weighted by Crippen LogP contribution is -2.44. The average molecular weight is 351 g/mol. The van der Waals surface area contributed by atoms with Gasteiger partial charge in [0.1, 0.15) is 0 Å². The number of aryl methyl sites for hydroxylation is 1. The van der Waals surface area contributed by atoms with Crippen LogP contribution in [0.25, 0.3) is 0 Å². The molecule has 0 radical (unpaired) electrons. The van der Waals surface area contributed by atoms with E-state index in [2.05, 4.69) is 21.2 Å². The maximum absolute atomic E-state index is 12.6. The molecular formula is C16H19BrN2O2. The van der Waals surface area contributed by atoms with Crippen LogP contribution in [0.2, 0.25) is 0 Å². The number of halogens is 1. The largest absolute Gasteiger partial charge is 0.356 e. The topological polar surface area (TPSA) is 49.4 Å². The van der Waals surface area contributed by atoms with Crippen LogP contribution < -0.4 is 5.32 Å². The highest BCUT2D eigenvalue weighted by Gasteiger charge is 2.41. The van der Waals surface area contributed by atoms with Crippen molar-refractivity contribution in [3.63, 3.8) is 0 Å². The number of benzene rings is 1. The molecular weight excluding hydrogens is 332 g/mol. The highest BCUT2D eigenvalue weighted by Crippen LogP contribution is 2.37. The monoisotopic (exact) mass is 350 g/mol. The first kappa shape index (κ1) is 14.6. The van der Waals surface area contributed by atoms with Gasteiger partial charge in [-0.2, -0.15) is 0 Å². The minimum absolute atomic E-state index is 0.0868. The highest BCUT2D eigenvalue weighted by atomic mass is 79.9. The zero-order chi connectivity index (χ0) is 15.0. The lowest BCUT2D eigenvalue weighted by molar-refractivity contribution is -0.119. The Balaban J connectivity index is 1.67. The zero-order valence-corrected chi connectivity index (χ0v) is 13.7. The Bertz CT molecular complexity index is 592. The fourth-order valence-corrected chi connectivity index (χ4v) is 3.50. The maximum atomic E-state index is 12.6. The van der Waals surface area contributed by atoms with Crippen LogP contribution in [0, 0.1) is 12.3 Å². The molecule has 2 saturated heterocycles. The predicted octanol–water partition coefficient (Wildman–Crippen LogP) is 2.50. The molecule has 1 aromatic carbocycles. The van der Waals surface area contributed by atoms with Gasteiger partial charge < -0.3 is 10.2 Å². The van der Waals surface area contributed by atoms with Crippen molar-refractivity contribution in [2.45, 2.75) is 26.2 Å². The van der Waals surface area contributed by atoms with Crippen molar-refractivity contribution < 1.29 is 9.59 Å². The summed E-state index contributed by atoms with van der Waals surface area (Å²) in [5.74, 6) is 0.246. The van der Waals surface area contributed by atoms with E-state index in [4.69, 9.17) is 0 Å². The number of likely N-dealkylation sites (tertiary alicyclic amines) is 1. The van der Waals surface area contributed by atoms with E-state index in [-0.39, 0.29) is 17.2 Å². The van der Waals surface area contributed by atoms with Crippen LogP contribution in [-0.2, 0) is 4.79 Å². The number of nitrogens with one attached hydrogen (secondary N) is 1. The first-order chi connectivity index (χ1) is 9.99. The molecule has 3 rings (SSSR count). The molecule has 21 heavy (non-hydrogen) atoms. The van der Waals surface area contributed by atoms with Gasteiger partial charge in [-0.3, -0.25) is 9.59 Å². The molecule has 1 N–H and O–H groups in total. The molecule has 0 aliphatic carbocycles. The second-order valence-electron chi connectivity index (χ2n) is 6.21. The van der Waals surface area contributed by atoms with Crippen molar-refractivity contribution >= 4 is 27.7 Å². The Labute approximate surface area is 133 Å². The van der Waals surface area contributed by atoms with Crippen LogP contribution in [-0.4, -0.2) is 36.3 Å². The fourth-order valence-electron chi connectivity index (χ4n) is 3.25. The van der Waals surface area contributed by atoms with Crippen LogP contribution in [0.4, 0.5) is 0 Å². The molecule has 4 nitrogen and oxygen atoms in total. The summed E-state index contributed by atoms with van der Waals surface area (Å²) in [6.07, 6.45) is 2.44. The van der Waals surface area contributed by atoms with Crippen LogP contribution in [0.3, 0.4) is 0 Å². The first-order valence-corrected chi connectivity index (χ1v) is 8.11. The number of piperidine rings is 1. The van der Waals surface area contributed by atoms with Gasteiger partial charge in [-0.15, -0.1) is 0 Å². The third kappa shape index (κ3) is 2.84. The molecule has 112 valence electrons. The van der Waals surface area contributed by atoms with Crippen molar-refractivity contribution in [3.05, 3.63) is 33.8 Å². The molecule has 0 saturated carbocycles. The van der Waals surface area contributed by atoms with E-state index in [1.165, 1.54) is 0 Å². The van der Waals surface area contributed by atoms with Gasteiger partial charge in [0, 0.05) is 36.1 Å². The summed E-state index contributed by atoms with van der Waals surface area (Å²) in [4.78, 5) is 25.9. The molecule has 1 aromatic rings. The molecule has 5 heteroatoms. The second-order valence-corrected chi connectivity index (χ2v) is 7.06. The van der Waals surface area contributed by atoms with Crippen molar-refractivity contribution in [2.24, 2.45) is 5.41 Å². The van der Waals surface area contributed by atoms with Crippen molar-refractivity contribution in [3.8, 4) is 0 Å². The summed E-state index contributed by atoms with van der Waals surface area (Å²) in [5.41, 5.74) is 1.90. The van der Waals surface area contributed by atoms with E-state index < -0.39 is 0 Å². The smallest absolute Gasteiger partial charge is 0.253 e. The Hall–Kier alpha value is -1.36. The molecule has 2 amide bonds. The standard InChI is InChI=1S/C16H19BrN2O2/c1-11-8-12(2-3-13(11)17)15(21)19-6-4-16(5-7-19)9-14(20)18-10-16/h2-3,8H,4-7,9-10H2,1H3,(H,18,20). The molecule has 2 aliphatic rings. The highest BCUT2D eigenvalue weighted by molar-refractivity contribution is 9.10. The van der Waals surface area contributed by atoms with Gasteiger partial charge in [-0.25, -0.2) is 0 Å². The molecule has 0 unspecified atom stereocenters. The number of carbonyl (C=O) groups is 2. The van der Waals surface area contributed by atoms with Gasteiger partial charge in [0.15, 0.2) is 0 Å². The van der Waals surface area contributed by atoms with E-state index in [1.54, 1.807) is 0 Å². The Kier molecular flexibility index (Phi) is 3.78. The normalized spacial score (nSPS) is 20.7. The van der Waals surface area contributed by atoms with Gasteiger partial charge in [0.05, 0.1) is 0 Å². The minimum Gasteiger partial charge on any atom is -0.356 e. The van der Waals surface area contributed by atoms with E-state index in [1.807, 2.05) is 30.0 Å². The number of amides is 2. The van der Waals surface area contributed by atoms with E-state index in [0.29, 0.717) is 6.42 Å². The lowest BCUT2D eigenvalue weighted by atomic mass is 9.77. The van der Waals surface area contributed by atoms with Crippen molar-refractivity contribution in [1.82, 2.24) is 10.2 Å². The Morgan fingerprint density at radius 3 is 2.62 bits per heavy atom. The van der Waals surface area contributed by atoms with Gasteiger partial charge in [0.25, 0.3) is 5.91 Å². The summed E-state index contributed by atoms with van der Waals surface area (Å²) < 4.78 is 1.02. The summed E-state index contributed by atoms with van der Waals surface area (Å²) in [7, 11) is 0. The van der Waals surface area contributed by atoms with Crippen LogP contribution in [0.15, 0.2) is 22.7 Å². The van der Waals surface area contributed by atoms with E-state index in [0.717, 1.165) is 48.1 Å². The number of hydrogen-bond acceptors (Lipinski definition) is 2. The molecule has 0 aromatic heterocycles. The van der Waals surface area contributed by atoms with Gasteiger partial charge in [0.2, 0.25) is 5.91 Å². The zero-order valence-electron chi connectivity index (χ0n) is 12.1. The summed E-state index contributed by atoms with van der Waals surface area (Å²) in [5, 5.41) is 2.92. The molecule has 2 aliphatic heterocycles. The van der Waals surface area contributed by atoms with Gasteiger partial charge >= 0.3 is 0 Å². The number of rotatable bonds is 1. The summed E-state index contributed by atoms with van der Waals surface area (Å²) >= 11 is 3.46. The molecule has 1 spiro atoms. The fraction of sp³-hybridized carbons (Fsp3) is 0.500. The average Bonchev–Trinajstić information content (AvgIpc) is 2.83. The lowest BCUT2D eigenvalue weighted by Gasteiger charge is -2.38. The molecule has 0 atom stereocenters. The van der Waals surface area contributed by atoms with E-state index in [9.17, 15) is 9.59 Å². The SMILES string of the molecule is Cc1cc(C(=O)N2CCC3(CC2)CNC(=O)C3)ccc1Br. The quantitative estimate of drug-likeness (QED) is 0.845. The third-order valence-corrected chi connectivity index (χ3v) is 5.60. The van der Waals surface area contributed by atoms with Crippen molar-refractivity contribution in [2.75, 3.05) is 19.6 Å². The Morgan fingerprint density at radius 1 is 1.33 bits per heavy atom. The minimum atomic E-state index is 0.0868.